The van der Waals surface area contributed by atoms with Crippen LogP contribution in [-0.2, 0) is 6.54 Å². The first kappa shape index (κ1) is 14.6. The maximum atomic E-state index is 12.1. The van der Waals surface area contributed by atoms with Crippen LogP contribution >= 0.6 is 11.6 Å². The fourth-order valence-electron chi connectivity index (χ4n) is 1.84. The van der Waals surface area contributed by atoms with Gasteiger partial charge in [0.05, 0.1) is 0 Å². The minimum Gasteiger partial charge on any atom is -0.435 e. The lowest BCUT2D eigenvalue weighted by molar-refractivity contribution is -0.0498. The molecule has 2 rings (SSSR count). The third kappa shape index (κ3) is 4.10. The molecular formula is C15H14ClF2NO. The van der Waals surface area contributed by atoms with Crippen LogP contribution in [0.4, 0.5) is 14.5 Å². The molecule has 0 fully saturated rings. The molecule has 0 aliphatic carbocycles. The van der Waals surface area contributed by atoms with Crippen molar-refractivity contribution in [3.05, 3.63) is 58.6 Å². The van der Waals surface area contributed by atoms with Crippen molar-refractivity contribution in [1.29, 1.82) is 0 Å². The van der Waals surface area contributed by atoms with Gasteiger partial charge in [0.25, 0.3) is 0 Å². The Morgan fingerprint density at radius 1 is 1.20 bits per heavy atom. The standard InChI is InChI=1S/C15H14ClF2NO/c1-10-7-12(16)6-5-11(10)9-19-13-3-2-4-14(8-13)20-15(17)18/h2-8,15,19H,9H2,1H3. The molecule has 0 unspecified atom stereocenters. The highest BCUT2D eigenvalue weighted by atomic mass is 35.5. The molecule has 0 saturated heterocycles. The molecule has 20 heavy (non-hydrogen) atoms. The quantitative estimate of drug-likeness (QED) is 0.851. The molecule has 0 saturated carbocycles. The molecule has 0 spiro atoms. The Labute approximate surface area is 121 Å². The Balaban J connectivity index is 2.03. The second kappa shape index (κ2) is 6.57. The molecule has 2 aromatic rings. The number of rotatable bonds is 5. The summed E-state index contributed by atoms with van der Waals surface area (Å²) in [6.45, 7) is -0.260. The van der Waals surface area contributed by atoms with Gasteiger partial charge in [-0.05, 0) is 42.3 Å². The van der Waals surface area contributed by atoms with Gasteiger partial charge in [-0.25, -0.2) is 0 Å². The van der Waals surface area contributed by atoms with Gasteiger partial charge in [0.1, 0.15) is 5.75 Å². The van der Waals surface area contributed by atoms with E-state index in [2.05, 4.69) is 10.1 Å². The highest BCUT2D eigenvalue weighted by molar-refractivity contribution is 6.30. The molecule has 0 amide bonds. The molecule has 2 nitrogen and oxygen atoms in total. The summed E-state index contributed by atoms with van der Waals surface area (Å²) in [5.41, 5.74) is 2.89. The first-order valence-electron chi connectivity index (χ1n) is 6.08. The van der Waals surface area contributed by atoms with E-state index in [0.29, 0.717) is 11.6 Å². The smallest absolute Gasteiger partial charge is 0.387 e. The van der Waals surface area contributed by atoms with Crippen LogP contribution in [-0.4, -0.2) is 6.61 Å². The zero-order chi connectivity index (χ0) is 14.5. The Bertz CT molecular complexity index is 590. The summed E-state index contributed by atoms with van der Waals surface area (Å²) in [5, 5.41) is 3.86. The summed E-state index contributed by atoms with van der Waals surface area (Å²) in [6.07, 6.45) is 0. The van der Waals surface area contributed by atoms with Crippen molar-refractivity contribution in [2.24, 2.45) is 0 Å². The number of halogens is 3. The van der Waals surface area contributed by atoms with Crippen molar-refractivity contribution in [1.82, 2.24) is 0 Å². The predicted octanol–water partition coefficient (Wildman–Crippen LogP) is 4.86. The van der Waals surface area contributed by atoms with Crippen molar-refractivity contribution in [2.75, 3.05) is 5.32 Å². The topological polar surface area (TPSA) is 21.3 Å². The van der Waals surface area contributed by atoms with Crippen LogP contribution in [0.5, 0.6) is 5.75 Å². The number of hydrogen-bond donors (Lipinski definition) is 1. The first-order chi connectivity index (χ1) is 9.54. The van der Waals surface area contributed by atoms with Gasteiger partial charge in [-0.3, -0.25) is 0 Å². The zero-order valence-electron chi connectivity index (χ0n) is 10.9. The van der Waals surface area contributed by atoms with Crippen LogP contribution in [0.25, 0.3) is 0 Å². The molecule has 0 bridgehead atoms. The van der Waals surface area contributed by atoms with Gasteiger partial charge in [0, 0.05) is 23.3 Å². The van der Waals surface area contributed by atoms with Crippen LogP contribution in [0.3, 0.4) is 0 Å². The van der Waals surface area contributed by atoms with E-state index in [1.54, 1.807) is 12.1 Å². The Morgan fingerprint density at radius 2 is 2.00 bits per heavy atom. The first-order valence-corrected chi connectivity index (χ1v) is 6.46. The maximum absolute atomic E-state index is 12.1. The summed E-state index contributed by atoms with van der Waals surface area (Å²) >= 11 is 5.90. The lowest BCUT2D eigenvalue weighted by Crippen LogP contribution is -2.04. The Kier molecular flexibility index (Phi) is 4.79. The molecular weight excluding hydrogens is 284 g/mol. The number of ether oxygens (including phenoxy) is 1. The van der Waals surface area contributed by atoms with Gasteiger partial charge >= 0.3 is 6.61 Å². The molecule has 0 aliphatic heterocycles. The molecule has 0 radical (unpaired) electrons. The average Bonchev–Trinajstić information content (AvgIpc) is 2.37. The van der Waals surface area contributed by atoms with Crippen LogP contribution in [0.1, 0.15) is 11.1 Å². The van der Waals surface area contributed by atoms with Crippen molar-refractivity contribution in [3.8, 4) is 5.75 Å². The highest BCUT2D eigenvalue weighted by Gasteiger charge is 2.05. The van der Waals surface area contributed by atoms with E-state index < -0.39 is 6.61 Å². The fraction of sp³-hybridized carbons (Fsp3) is 0.200. The van der Waals surface area contributed by atoms with E-state index in [-0.39, 0.29) is 5.75 Å². The van der Waals surface area contributed by atoms with Crippen molar-refractivity contribution in [3.63, 3.8) is 0 Å². The monoisotopic (exact) mass is 297 g/mol. The molecule has 1 N–H and O–H groups in total. The summed E-state index contributed by atoms with van der Waals surface area (Å²) < 4.78 is 28.6. The molecule has 0 atom stereocenters. The normalized spacial score (nSPS) is 10.7. The number of hydrogen-bond acceptors (Lipinski definition) is 2. The molecule has 0 heterocycles. The average molecular weight is 298 g/mol. The summed E-state index contributed by atoms with van der Waals surface area (Å²) in [4.78, 5) is 0. The molecule has 2 aromatic carbocycles. The van der Waals surface area contributed by atoms with Gasteiger partial charge in [0.15, 0.2) is 0 Å². The van der Waals surface area contributed by atoms with Crippen LogP contribution in [0.15, 0.2) is 42.5 Å². The third-order valence-electron chi connectivity index (χ3n) is 2.85. The number of benzene rings is 2. The summed E-state index contributed by atoms with van der Waals surface area (Å²) in [6, 6.07) is 12.1. The van der Waals surface area contributed by atoms with Gasteiger partial charge in [0.2, 0.25) is 0 Å². The fourth-order valence-corrected chi connectivity index (χ4v) is 2.06. The molecule has 5 heteroatoms. The largest absolute Gasteiger partial charge is 0.435 e. The van der Waals surface area contributed by atoms with E-state index in [9.17, 15) is 8.78 Å². The van der Waals surface area contributed by atoms with Gasteiger partial charge < -0.3 is 10.1 Å². The molecule has 106 valence electrons. The van der Waals surface area contributed by atoms with Gasteiger partial charge in [-0.1, -0.05) is 23.7 Å². The van der Waals surface area contributed by atoms with Crippen molar-refractivity contribution >= 4 is 17.3 Å². The summed E-state index contributed by atoms with van der Waals surface area (Å²) in [5.74, 6) is 0.137. The predicted molar refractivity (Wildman–Crippen MR) is 76.6 cm³/mol. The van der Waals surface area contributed by atoms with E-state index in [1.165, 1.54) is 12.1 Å². The van der Waals surface area contributed by atoms with Gasteiger partial charge in [-0.2, -0.15) is 8.78 Å². The van der Waals surface area contributed by atoms with E-state index in [1.807, 2.05) is 25.1 Å². The van der Waals surface area contributed by atoms with E-state index in [4.69, 9.17) is 11.6 Å². The number of nitrogens with one attached hydrogen (secondary N) is 1. The summed E-state index contributed by atoms with van der Waals surface area (Å²) in [7, 11) is 0. The second-order valence-electron chi connectivity index (χ2n) is 4.33. The maximum Gasteiger partial charge on any atom is 0.387 e. The van der Waals surface area contributed by atoms with Gasteiger partial charge in [-0.15, -0.1) is 0 Å². The Morgan fingerprint density at radius 3 is 2.70 bits per heavy atom. The Hall–Kier alpha value is -1.81. The molecule has 0 aromatic heterocycles. The lowest BCUT2D eigenvalue weighted by Gasteiger charge is -2.11. The number of aryl methyl sites for hydroxylation is 1. The van der Waals surface area contributed by atoms with E-state index >= 15 is 0 Å². The third-order valence-corrected chi connectivity index (χ3v) is 3.08. The highest BCUT2D eigenvalue weighted by Crippen LogP contribution is 2.21. The zero-order valence-corrected chi connectivity index (χ0v) is 11.6. The SMILES string of the molecule is Cc1cc(Cl)ccc1CNc1cccc(OC(F)F)c1. The minimum absolute atomic E-state index is 0.137. The van der Waals surface area contributed by atoms with Crippen LogP contribution in [0.2, 0.25) is 5.02 Å². The number of alkyl halides is 2. The lowest BCUT2D eigenvalue weighted by atomic mass is 10.1. The van der Waals surface area contributed by atoms with Crippen molar-refractivity contribution < 1.29 is 13.5 Å². The number of anilines is 1. The van der Waals surface area contributed by atoms with Crippen LogP contribution < -0.4 is 10.1 Å². The second-order valence-corrected chi connectivity index (χ2v) is 4.77. The minimum atomic E-state index is -2.82. The van der Waals surface area contributed by atoms with Crippen molar-refractivity contribution in [2.45, 2.75) is 20.1 Å². The van der Waals surface area contributed by atoms with Crippen LogP contribution in [0, 0.1) is 6.92 Å². The van der Waals surface area contributed by atoms with E-state index in [0.717, 1.165) is 16.8 Å². The molecule has 0 aliphatic rings.